The molecule has 0 radical (unpaired) electrons. The number of hydrogen-bond acceptors (Lipinski definition) is 6. The third-order valence-corrected chi connectivity index (χ3v) is 6.66. The number of oxime groups is 1. The summed E-state index contributed by atoms with van der Waals surface area (Å²) in [6.07, 6.45) is 2.81. The van der Waals surface area contributed by atoms with Crippen molar-refractivity contribution in [3.05, 3.63) is 22.9 Å². The van der Waals surface area contributed by atoms with Gasteiger partial charge in [0.05, 0.1) is 16.5 Å². The summed E-state index contributed by atoms with van der Waals surface area (Å²) in [6.45, 7) is 5.24. The van der Waals surface area contributed by atoms with Crippen LogP contribution in [0.2, 0.25) is 0 Å². The minimum Gasteiger partial charge on any atom is -0.511 e. The van der Waals surface area contributed by atoms with Crippen molar-refractivity contribution in [3.63, 3.8) is 0 Å². The van der Waals surface area contributed by atoms with Gasteiger partial charge >= 0.3 is 0 Å². The van der Waals surface area contributed by atoms with Crippen LogP contribution < -0.4 is 0 Å². The highest BCUT2D eigenvalue weighted by Crippen LogP contribution is 2.31. The number of rotatable bonds is 9. The Balaban J connectivity index is 2.89. The second-order valence-electron chi connectivity index (χ2n) is 6.07. The number of aliphatic hydroxyl groups is 1. The molecule has 0 bridgehead atoms. The predicted molar refractivity (Wildman–Crippen MR) is 99.6 cm³/mol. The molecule has 0 aliphatic heterocycles. The summed E-state index contributed by atoms with van der Waals surface area (Å²) in [5.74, 6) is -0.389. The normalized spacial score (nSPS) is 21.0. The van der Waals surface area contributed by atoms with Crippen LogP contribution in [0.5, 0.6) is 0 Å². The fourth-order valence-corrected chi connectivity index (χ4v) is 4.06. The first-order valence-corrected chi connectivity index (χ1v) is 10.5. The van der Waals surface area contributed by atoms with Crippen molar-refractivity contribution in [2.75, 3.05) is 12.4 Å². The van der Waals surface area contributed by atoms with Gasteiger partial charge in [-0.05, 0) is 31.8 Å². The van der Waals surface area contributed by atoms with Crippen LogP contribution in [0.15, 0.2) is 28.1 Å². The van der Waals surface area contributed by atoms with Gasteiger partial charge in [0.1, 0.15) is 12.4 Å². The van der Waals surface area contributed by atoms with E-state index in [4.69, 9.17) is 16.4 Å². The molecule has 0 saturated carbocycles. The minimum atomic E-state index is -3.15. The molecular weight excluding hydrogens is 366 g/mol. The van der Waals surface area contributed by atoms with Crippen molar-refractivity contribution in [1.82, 2.24) is 0 Å². The fourth-order valence-electron chi connectivity index (χ4n) is 2.85. The lowest BCUT2D eigenvalue weighted by atomic mass is 9.82. The quantitative estimate of drug-likeness (QED) is 0.368. The highest BCUT2D eigenvalue weighted by Gasteiger charge is 2.33. The van der Waals surface area contributed by atoms with Gasteiger partial charge in [-0.2, -0.15) is 0 Å². The Morgan fingerprint density at radius 3 is 2.64 bits per heavy atom. The maximum absolute atomic E-state index is 12.5. The van der Waals surface area contributed by atoms with Crippen LogP contribution in [0, 0.1) is 5.92 Å². The SMILES string of the molecule is CC/C(=N/OC/C=C/Cl)C1=C(O)C[C@H](C[C@@H](C)S(=O)(=O)CC)CC1=O. The minimum absolute atomic E-state index is 0.0422. The molecule has 6 nitrogen and oxygen atoms in total. The highest BCUT2D eigenvalue weighted by molar-refractivity contribution is 7.91. The van der Waals surface area contributed by atoms with E-state index in [1.54, 1.807) is 19.9 Å². The first-order valence-electron chi connectivity index (χ1n) is 8.38. The summed E-state index contributed by atoms with van der Waals surface area (Å²) in [5.41, 5.74) is 1.89. The Labute approximate surface area is 154 Å². The number of Topliss-reactive ketones (excluding diaryl/α,β-unsaturated/α-hetero) is 1. The summed E-state index contributed by atoms with van der Waals surface area (Å²) >= 11 is 5.39. The van der Waals surface area contributed by atoms with Crippen LogP contribution in [0.1, 0.15) is 46.5 Å². The van der Waals surface area contributed by atoms with Gasteiger partial charge in [0, 0.05) is 24.1 Å². The molecule has 1 aliphatic carbocycles. The van der Waals surface area contributed by atoms with Gasteiger partial charge in [-0.25, -0.2) is 8.42 Å². The van der Waals surface area contributed by atoms with Crippen LogP contribution in [0.25, 0.3) is 0 Å². The Kier molecular flexibility index (Phi) is 8.65. The molecule has 0 fully saturated rings. The van der Waals surface area contributed by atoms with Crippen LogP contribution in [0.3, 0.4) is 0 Å². The van der Waals surface area contributed by atoms with Crippen molar-refractivity contribution < 1.29 is 23.2 Å². The van der Waals surface area contributed by atoms with Crippen molar-refractivity contribution in [2.24, 2.45) is 11.1 Å². The molecular formula is C17H26ClNO5S. The van der Waals surface area contributed by atoms with E-state index in [9.17, 15) is 18.3 Å². The molecule has 0 aromatic carbocycles. The Bertz CT molecular complexity index is 667. The van der Waals surface area contributed by atoms with Crippen molar-refractivity contribution >= 4 is 32.9 Å². The number of carbonyl (C=O) groups excluding carboxylic acids is 1. The number of sulfone groups is 1. The predicted octanol–water partition coefficient (Wildman–Crippen LogP) is 3.53. The zero-order valence-electron chi connectivity index (χ0n) is 14.9. The number of nitrogens with zero attached hydrogens (tertiary/aromatic N) is 1. The molecule has 0 aromatic heterocycles. The number of ketones is 1. The van der Waals surface area contributed by atoms with E-state index in [0.717, 1.165) is 0 Å². The molecule has 1 aliphatic rings. The summed E-state index contributed by atoms with van der Waals surface area (Å²) in [5, 5.41) is 13.7. The summed E-state index contributed by atoms with van der Waals surface area (Å²) in [4.78, 5) is 17.5. The van der Waals surface area contributed by atoms with Gasteiger partial charge in [-0.1, -0.05) is 30.6 Å². The number of halogens is 1. The lowest BCUT2D eigenvalue weighted by molar-refractivity contribution is -0.116. The molecule has 142 valence electrons. The fraction of sp³-hybridized carbons (Fsp3) is 0.647. The molecule has 1 rings (SSSR count). The van der Waals surface area contributed by atoms with Crippen molar-refractivity contribution in [3.8, 4) is 0 Å². The Morgan fingerprint density at radius 2 is 2.12 bits per heavy atom. The molecule has 8 heteroatoms. The third kappa shape index (κ3) is 6.15. The number of aliphatic hydroxyl groups excluding tert-OH is 1. The zero-order chi connectivity index (χ0) is 19.0. The van der Waals surface area contributed by atoms with E-state index in [1.165, 1.54) is 5.54 Å². The molecule has 25 heavy (non-hydrogen) atoms. The van der Waals surface area contributed by atoms with Gasteiger partial charge in [0.25, 0.3) is 0 Å². The molecule has 2 atom stereocenters. The van der Waals surface area contributed by atoms with Gasteiger partial charge in [-0.15, -0.1) is 0 Å². The molecule has 0 spiro atoms. The van der Waals surface area contributed by atoms with Crippen molar-refractivity contribution in [1.29, 1.82) is 0 Å². The third-order valence-electron chi connectivity index (χ3n) is 4.26. The molecule has 0 heterocycles. The maximum Gasteiger partial charge on any atom is 0.168 e. The van der Waals surface area contributed by atoms with Gasteiger partial charge < -0.3 is 9.94 Å². The van der Waals surface area contributed by atoms with E-state index in [0.29, 0.717) is 18.6 Å². The standard InChI is InChI=1S/C17H26ClNO5S/c1-4-14(19-24-8-6-7-18)17-15(20)10-13(11-16(17)21)9-12(3)25(22,23)5-2/h6-7,12-13,20H,4-5,8-11H2,1-3H3/b7-6+,19-14-/t12-,13+/m1/s1. The smallest absolute Gasteiger partial charge is 0.168 e. The highest BCUT2D eigenvalue weighted by atomic mass is 35.5. The molecule has 1 N–H and O–H groups in total. The molecule has 0 aromatic rings. The summed E-state index contributed by atoms with van der Waals surface area (Å²) < 4.78 is 23.8. The number of allylic oxidation sites excluding steroid dienone is 2. The van der Waals surface area contributed by atoms with Gasteiger partial charge in [0.2, 0.25) is 0 Å². The first kappa shape index (κ1) is 21.7. The largest absolute Gasteiger partial charge is 0.511 e. The lowest BCUT2D eigenvalue weighted by Crippen LogP contribution is -2.29. The van der Waals surface area contributed by atoms with E-state index in [2.05, 4.69) is 5.16 Å². The summed E-state index contributed by atoms with van der Waals surface area (Å²) in [7, 11) is -3.15. The Hall–Kier alpha value is -1.34. The molecule has 0 amide bonds. The van der Waals surface area contributed by atoms with E-state index in [-0.39, 0.29) is 48.2 Å². The number of hydrogen-bond donors (Lipinski definition) is 1. The zero-order valence-corrected chi connectivity index (χ0v) is 16.4. The van der Waals surface area contributed by atoms with Gasteiger partial charge in [-0.3, -0.25) is 4.79 Å². The first-order chi connectivity index (χ1) is 11.8. The van der Waals surface area contributed by atoms with Gasteiger partial charge in [0.15, 0.2) is 15.6 Å². The monoisotopic (exact) mass is 391 g/mol. The van der Waals surface area contributed by atoms with Crippen LogP contribution in [-0.2, 0) is 19.5 Å². The number of carbonyl (C=O) groups is 1. The topological polar surface area (TPSA) is 93.0 Å². The average molecular weight is 392 g/mol. The van der Waals surface area contributed by atoms with Crippen molar-refractivity contribution in [2.45, 2.75) is 51.7 Å². The van der Waals surface area contributed by atoms with E-state index in [1.807, 2.05) is 6.92 Å². The van der Waals surface area contributed by atoms with Crippen LogP contribution in [-0.4, -0.2) is 42.6 Å². The van der Waals surface area contributed by atoms with Crippen LogP contribution >= 0.6 is 11.6 Å². The molecule has 0 unspecified atom stereocenters. The second-order valence-corrected chi connectivity index (χ2v) is 9.03. The maximum atomic E-state index is 12.5. The summed E-state index contributed by atoms with van der Waals surface area (Å²) in [6, 6.07) is 0. The Morgan fingerprint density at radius 1 is 1.44 bits per heavy atom. The molecule has 0 saturated heterocycles. The van der Waals surface area contributed by atoms with Crippen LogP contribution in [0.4, 0.5) is 0 Å². The lowest BCUT2D eigenvalue weighted by Gasteiger charge is -2.25. The average Bonchev–Trinajstić information content (AvgIpc) is 2.56. The second kappa shape index (κ2) is 9.97. The van der Waals surface area contributed by atoms with E-state index < -0.39 is 15.1 Å². The van der Waals surface area contributed by atoms with E-state index >= 15 is 0 Å².